The molecule has 1 fully saturated rings. The van der Waals surface area contributed by atoms with E-state index in [2.05, 4.69) is 17.9 Å². The van der Waals surface area contributed by atoms with Crippen LogP contribution in [0.3, 0.4) is 0 Å². The van der Waals surface area contributed by atoms with Gasteiger partial charge in [-0.1, -0.05) is 18.2 Å². The van der Waals surface area contributed by atoms with Crippen LogP contribution in [0.25, 0.3) is 10.2 Å². The molecule has 150 valence electrons. The number of nitro benzene ring substituents is 1. The van der Waals surface area contributed by atoms with Crippen LogP contribution in [-0.4, -0.2) is 51.8 Å². The number of carbonyl (C=O) groups excluding carboxylic acids is 1. The average molecular weight is 410 g/mol. The van der Waals surface area contributed by atoms with Gasteiger partial charge in [0.05, 0.1) is 21.2 Å². The van der Waals surface area contributed by atoms with Gasteiger partial charge in [0, 0.05) is 43.4 Å². The first kappa shape index (κ1) is 19.5. The number of hydrogen-bond donors (Lipinski definition) is 0. The molecule has 0 N–H and O–H groups in total. The second-order valence-corrected chi connectivity index (χ2v) is 8.29. The minimum absolute atomic E-state index is 0.0149. The van der Waals surface area contributed by atoms with Crippen molar-refractivity contribution < 1.29 is 9.72 Å². The van der Waals surface area contributed by atoms with Crippen LogP contribution < -0.4 is 0 Å². The van der Waals surface area contributed by atoms with Crippen molar-refractivity contribution in [3.8, 4) is 0 Å². The summed E-state index contributed by atoms with van der Waals surface area (Å²) in [6.45, 7) is 6.47. The molecule has 2 heterocycles. The van der Waals surface area contributed by atoms with Crippen LogP contribution in [0.1, 0.15) is 33.9 Å². The number of piperazine rings is 1. The molecule has 1 amide bonds. The van der Waals surface area contributed by atoms with E-state index in [-0.39, 0.29) is 17.6 Å². The highest BCUT2D eigenvalue weighted by molar-refractivity contribution is 7.18. The Bertz CT molecular complexity index is 1040. The summed E-state index contributed by atoms with van der Waals surface area (Å²) >= 11 is 1.71. The van der Waals surface area contributed by atoms with Crippen LogP contribution in [0.5, 0.6) is 0 Å². The van der Waals surface area contributed by atoms with E-state index in [1.54, 1.807) is 35.3 Å². The van der Waals surface area contributed by atoms with E-state index >= 15 is 0 Å². The van der Waals surface area contributed by atoms with Crippen LogP contribution >= 0.6 is 11.3 Å². The Morgan fingerprint density at radius 3 is 2.55 bits per heavy atom. The predicted octanol–water partition coefficient (Wildman–Crippen LogP) is 4.03. The van der Waals surface area contributed by atoms with Gasteiger partial charge in [-0.15, -0.1) is 11.3 Å². The first-order valence-corrected chi connectivity index (χ1v) is 10.4. The van der Waals surface area contributed by atoms with Crippen LogP contribution in [0, 0.1) is 17.0 Å². The number of aromatic nitrogens is 1. The van der Waals surface area contributed by atoms with E-state index in [4.69, 9.17) is 4.98 Å². The van der Waals surface area contributed by atoms with Gasteiger partial charge in [0.1, 0.15) is 5.01 Å². The van der Waals surface area contributed by atoms with Crippen LogP contribution in [0.15, 0.2) is 42.5 Å². The standard InChI is InChI=1S/C21H22N4O3S/c1-14-16(6-5-8-18(14)25(27)28)21(26)24-12-10-23(11-13-24)15(2)20-22-17-7-3-4-9-19(17)29-20/h3-9,15H,10-13H2,1-2H3/t15-/m1/s1. The molecule has 7 nitrogen and oxygen atoms in total. The summed E-state index contributed by atoms with van der Waals surface area (Å²) in [6, 6.07) is 13.0. The lowest BCUT2D eigenvalue weighted by atomic mass is 10.1. The zero-order valence-corrected chi connectivity index (χ0v) is 17.2. The molecular formula is C21H22N4O3S. The third-order valence-corrected chi connectivity index (χ3v) is 6.76. The molecule has 1 aromatic heterocycles. The molecule has 0 radical (unpaired) electrons. The maximum Gasteiger partial charge on any atom is 0.273 e. The lowest BCUT2D eigenvalue weighted by Gasteiger charge is -2.37. The van der Waals surface area contributed by atoms with Crippen LogP contribution in [0.2, 0.25) is 0 Å². The molecule has 1 aliphatic rings. The molecule has 0 spiro atoms. The van der Waals surface area contributed by atoms with Crippen molar-refractivity contribution in [2.75, 3.05) is 26.2 Å². The molecule has 3 aromatic rings. The molecule has 0 unspecified atom stereocenters. The Hall–Kier alpha value is -2.84. The van der Waals surface area contributed by atoms with Gasteiger partial charge in [-0.25, -0.2) is 4.98 Å². The van der Waals surface area contributed by atoms with E-state index < -0.39 is 4.92 Å². The maximum absolute atomic E-state index is 12.9. The summed E-state index contributed by atoms with van der Waals surface area (Å²) in [5, 5.41) is 12.2. The number of fused-ring (bicyclic) bond motifs is 1. The van der Waals surface area contributed by atoms with Gasteiger partial charge in [0.15, 0.2) is 0 Å². The fraction of sp³-hybridized carbons (Fsp3) is 0.333. The van der Waals surface area contributed by atoms with Gasteiger partial charge in [0.2, 0.25) is 0 Å². The number of hydrogen-bond acceptors (Lipinski definition) is 6. The number of carbonyl (C=O) groups is 1. The van der Waals surface area contributed by atoms with Crippen LogP contribution in [-0.2, 0) is 0 Å². The molecule has 0 aliphatic carbocycles. The summed E-state index contributed by atoms with van der Waals surface area (Å²) in [4.78, 5) is 32.5. The zero-order chi connectivity index (χ0) is 20.5. The van der Waals surface area contributed by atoms with E-state index in [0.29, 0.717) is 24.2 Å². The largest absolute Gasteiger partial charge is 0.336 e. The zero-order valence-electron chi connectivity index (χ0n) is 16.4. The van der Waals surface area contributed by atoms with Crippen LogP contribution in [0.4, 0.5) is 5.69 Å². The summed E-state index contributed by atoms with van der Waals surface area (Å²) in [5.74, 6) is -0.140. The fourth-order valence-corrected chi connectivity index (χ4v) is 4.81. The van der Waals surface area contributed by atoms with Gasteiger partial charge in [-0.3, -0.25) is 19.8 Å². The van der Waals surface area contributed by atoms with E-state index in [9.17, 15) is 14.9 Å². The second-order valence-electron chi connectivity index (χ2n) is 7.23. The van der Waals surface area contributed by atoms with Gasteiger partial charge >= 0.3 is 0 Å². The first-order chi connectivity index (χ1) is 14.0. The lowest BCUT2D eigenvalue weighted by molar-refractivity contribution is -0.385. The Kier molecular flexibility index (Phi) is 5.29. The average Bonchev–Trinajstić information content (AvgIpc) is 3.17. The lowest BCUT2D eigenvalue weighted by Crippen LogP contribution is -2.49. The fourth-order valence-electron chi connectivity index (χ4n) is 3.76. The van der Waals surface area contributed by atoms with E-state index in [1.165, 1.54) is 10.8 Å². The molecule has 8 heteroatoms. The molecular weight excluding hydrogens is 388 g/mol. The summed E-state index contributed by atoms with van der Waals surface area (Å²) in [5.41, 5.74) is 1.84. The molecule has 0 bridgehead atoms. The van der Waals surface area contributed by atoms with Gasteiger partial charge in [-0.2, -0.15) is 0 Å². The summed E-state index contributed by atoms with van der Waals surface area (Å²) in [6.07, 6.45) is 0. The van der Waals surface area contributed by atoms with Gasteiger partial charge in [0.25, 0.3) is 11.6 Å². The number of nitro groups is 1. The minimum atomic E-state index is -0.441. The molecule has 1 aliphatic heterocycles. The number of nitrogens with zero attached hydrogens (tertiary/aromatic N) is 4. The Morgan fingerprint density at radius 2 is 1.86 bits per heavy atom. The van der Waals surface area contributed by atoms with Crippen molar-refractivity contribution in [1.82, 2.24) is 14.8 Å². The molecule has 29 heavy (non-hydrogen) atoms. The Labute approximate surface area is 172 Å². The third-order valence-electron chi connectivity index (χ3n) is 5.55. The van der Waals surface area contributed by atoms with Crippen molar-refractivity contribution >= 4 is 33.1 Å². The SMILES string of the molecule is Cc1c(C(=O)N2CCN([C@H](C)c3nc4ccccc4s3)CC2)cccc1[N+](=O)[O-]. The highest BCUT2D eigenvalue weighted by atomic mass is 32.1. The van der Waals surface area contributed by atoms with Crippen molar-refractivity contribution in [2.45, 2.75) is 19.9 Å². The maximum atomic E-state index is 12.9. The van der Waals surface area contributed by atoms with Gasteiger partial charge < -0.3 is 4.90 Å². The van der Waals surface area contributed by atoms with Gasteiger partial charge in [-0.05, 0) is 32.0 Å². The number of thiazole rings is 1. The van der Waals surface area contributed by atoms with E-state index in [0.717, 1.165) is 23.6 Å². The molecule has 0 saturated carbocycles. The highest BCUT2D eigenvalue weighted by Crippen LogP contribution is 2.30. The third kappa shape index (κ3) is 3.73. The van der Waals surface area contributed by atoms with Crippen molar-refractivity contribution in [1.29, 1.82) is 0 Å². The Morgan fingerprint density at radius 1 is 1.14 bits per heavy atom. The molecule has 1 saturated heterocycles. The number of rotatable bonds is 4. The predicted molar refractivity (Wildman–Crippen MR) is 113 cm³/mol. The van der Waals surface area contributed by atoms with Crippen molar-refractivity contribution in [3.63, 3.8) is 0 Å². The van der Waals surface area contributed by atoms with Crippen molar-refractivity contribution in [2.24, 2.45) is 0 Å². The Balaban J connectivity index is 1.44. The first-order valence-electron chi connectivity index (χ1n) is 9.58. The number of para-hydroxylation sites is 1. The number of benzene rings is 2. The molecule has 1 atom stereocenters. The monoisotopic (exact) mass is 410 g/mol. The highest BCUT2D eigenvalue weighted by Gasteiger charge is 2.28. The summed E-state index contributed by atoms with van der Waals surface area (Å²) in [7, 11) is 0. The number of amides is 1. The smallest absolute Gasteiger partial charge is 0.273 e. The molecule has 2 aromatic carbocycles. The van der Waals surface area contributed by atoms with E-state index in [1.807, 2.05) is 18.2 Å². The summed E-state index contributed by atoms with van der Waals surface area (Å²) < 4.78 is 1.18. The normalized spacial score (nSPS) is 16.1. The van der Waals surface area contributed by atoms with Crippen molar-refractivity contribution in [3.05, 3.63) is 68.7 Å². The molecule has 4 rings (SSSR count). The minimum Gasteiger partial charge on any atom is -0.336 e. The topological polar surface area (TPSA) is 79.6 Å². The quantitative estimate of drug-likeness (QED) is 0.479. The second kappa shape index (κ2) is 7.88.